The van der Waals surface area contributed by atoms with E-state index in [0.717, 1.165) is 24.1 Å². The van der Waals surface area contributed by atoms with Crippen molar-refractivity contribution in [1.29, 1.82) is 0 Å². The minimum atomic E-state index is -0.0368. The van der Waals surface area contributed by atoms with Gasteiger partial charge >= 0.3 is 0 Å². The normalized spacial score (nSPS) is 23.9. The standard InChI is InChI=1S/C27H27NO/c1-3-9-23-24-19-12-4-6-14-21(19)25(22-15-7-5-13-20(22)24)26(23)27(29)28-18-11-8-10-17(2)16-18/h4-8,10-16,23-26H,3,9H2,1-2H3,(H,28,29)/t23-,24?,25?,26-/m0/s1. The lowest BCUT2D eigenvalue weighted by atomic mass is 9.53. The summed E-state index contributed by atoms with van der Waals surface area (Å²) in [5, 5.41) is 3.25. The zero-order valence-corrected chi connectivity index (χ0v) is 17.1. The van der Waals surface area contributed by atoms with Crippen LogP contribution in [0.4, 0.5) is 5.69 Å². The molecule has 6 rings (SSSR count). The Morgan fingerprint density at radius 2 is 1.41 bits per heavy atom. The van der Waals surface area contributed by atoms with Crippen LogP contribution in [0.1, 0.15) is 59.4 Å². The number of benzene rings is 3. The van der Waals surface area contributed by atoms with E-state index in [0.29, 0.717) is 11.8 Å². The van der Waals surface area contributed by atoms with E-state index in [1.165, 1.54) is 22.3 Å². The summed E-state index contributed by atoms with van der Waals surface area (Å²) >= 11 is 0. The number of carbonyl (C=O) groups is 1. The number of hydrogen-bond donors (Lipinski definition) is 1. The molecule has 3 aromatic carbocycles. The van der Waals surface area contributed by atoms with E-state index in [1.54, 1.807) is 0 Å². The number of anilines is 1. The smallest absolute Gasteiger partial charge is 0.228 e. The van der Waals surface area contributed by atoms with E-state index >= 15 is 0 Å². The molecule has 1 amide bonds. The Balaban J connectivity index is 1.62. The summed E-state index contributed by atoms with van der Waals surface area (Å²) in [4.78, 5) is 13.7. The predicted octanol–water partition coefficient (Wildman–Crippen LogP) is 6.26. The summed E-state index contributed by atoms with van der Waals surface area (Å²) in [5.41, 5.74) is 7.59. The van der Waals surface area contributed by atoms with Crippen LogP contribution in [0.3, 0.4) is 0 Å². The minimum Gasteiger partial charge on any atom is -0.326 e. The van der Waals surface area contributed by atoms with Crippen molar-refractivity contribution in [2.24, 2.45) is 11.8 Å². The molecule has 2 atom stereocenters. The van der Waals surface area contributed by atoms with Crippen LogP contribution < -0.4 is 5.32 Å². The fourth-order valence-corrected chi connectivity index (χ4v) is 5.77. The molecule has 0 saturated carbocycles. The number of aryl methyl sites for hydroxylation is 1. The number of amides is 1. The Kier molecular flexibility index (Phi) is 4.50. The third-order valence-electron chi connectivity index (χ3n) is 6.79. The van der Waals surface area contributed by atoms with Crippen molar-refractivity contribution in [2.45, 2.75) is 38.5 Å². The molecule has 146 valence electrons. The maximum absolute atomic E-state index is 13.7. The van der Waals surface area contributed by atoms with Gasteiger partial charge in [0.05, 0.1) is 5.92 Å². The Morgan fingerprint density at radius 1 is 0.828 bits per heavy atom. The van der Waals surface area contributed by atoms with Crippen molar-refractivity contribution in [3.05, 3.63) is 101 Å². The van der Waals surface area contributed by atoms with Gasteiger partial charge in [-0.25, -0.2) is 0 Å². The van der Waals surface area contributed by atoms with Crippen LogP contribution in [0.15, 0.2) is 72.8 Å². The molecule has 0 unspecified atom stereocenters. The maximum Gasteiger partial charge on any atom is 0.228 e. The third kappa shape index (κ3) is 2.90. The van der Waals surface area contributed by atoms with Crippen LogP contribution >= 0.6 is 0 Å². The number of hydrogen-bond acceptors (Lipinski definition) is 1. The Hall–Kier alpha value is -2.87. The Labute approximate surface area is 173 Å². The zero-order valence-electron chi connectivity index (χ0n) is 17.1. The van der Waals surface area contributed by atoms with E-state index in [-0.39, 0.29) is 17.7 Å². The molecular formula is C27H27NO. The average Bonchev–Trinajstić information content (AvgIpc) is 2.74. The van der Waals surface area contributed by atoms with E-state index in [1.807, 2.05) is 12.1 Å². The lowest BCUT2D eigenvalue weighted by Gasteiger charge is -2.50. The first-order valence-corrected chi connectivity index (χ1v) is 10.7. The molecule has 0 heterocycles. The predicted molar refractivity (Wildman–Crippen MR) is 118 cm³/mol. The second kappa shape index (κ2) is 7.18. The minimum absolute atomic E-state index is 0.0368. The van der Waals surface area contributed by atoms with Crippen molar-refractivity contribution in [3.8, 4) is 0 Å². The molecule has 0 aliphatic heterocycles. The molecule has 3 aromatic rings. The summed E-state index contributed by atoms with van der Waals surface area (Å²) in [7, 11) is 0. The molecule has 3 aliphatic carbocycles. The first-order chi connectivity index (χ1) is 14.2. The van der Waals surface area contributed by atoms with Gasteiger partial charge in [0.2, 0.25) is 5.91 Å². The van der Waals surface area contributed by atoms with Gasteiger partial charge in [0.15, 0.2) is 0 Å². The largest absolute Gasteiger partial charge is 0.326 e. The SMILES string of the molecule is CCC[C@H]1C2c3ccccc3C(c3ccccc32)[C@H]1C(=O)Nc1cccc(C)c1. The lowest BCUT2D eigenvalue weighted by molar-refractivity contribution is -0.123. The van der Waals surface area contributed by atoms with Crippen LogP contribution in [0.2, 0.25) is 0 Å². The maximum atomic E-state index is 13.7. The van der Waals surface area contributed by atoms with E-state index < -0.39 is 0 Å². The topological polar surface area (TPSA) is 29.1 Å². The molecule has 0 aromatic heterocycles. The molecule has 2 nitrogen and oxygen atoms in total. The van der Waals surface area contributed by atoms with E-state index in [4.69, 9.17) is 0 Å². The summed E-state index contributed by atoms with van der Waals surface area (Å²) in [6.45, 7) is 4.29. The number of rotatable bonds is 4. The van der Waals surface area contributed by atoms with Crippen molar-refractivity contribution in [2.75, 3.05) is 5.32 Å². The van der Waals surface area contributed by atoms with Gasteiger partial charge in [0, 0.05) is 17.5 Å². The Morgan fingerprint density at radius 3 is 1.97 bits per heavy atom. The molecule has 2 heteroatoms. The number of carbonyl (C=O) groups excluding carboxylic acids is 1. The van der Waals surface area contributed by atoms with Gasteiger partial charge in [0.1, 0.15) is 0 Å². The highest BCUT2D eigenvalue weighted by Crippen LogP contribution is 2.59. The quantitative estimate of drug-likeness (QED) is 0.568. The fourth-order valence-electron chi connectivity index (χ4n) is 5.77. The van der Waals surface area contributed by atoms with Crippen molar-refractivity contribution in [3.63, 3.8) is 0 Å². The average molecular weight is 382 g/mol. The molecular weight excluding hydrogens is 354 g/mol. The molecule has 0 radical (unpaired) electrons. The molecule has 3 aliphatic rings. The van der Waals surface area contributed by atoms with Gasteiger partial charge < -0.3 is 5.32 Å². The summed E-state index contributed by atoms with van der Waals surface area (Å²) in [6.07, 6.45) is 2.15. The first kappa shape index (κ1) is 18.2. The molecule has 2 bridgehead atoms. The molecule has 29 heavy (non-hydrogen) atoms. The highest BCUT2D eigenvalue weighted by molar-refractivity contribution is 5.95. The van der Waals surface area contributed by atoms with Crippen LogP contribution in [0.5, 0.6) is 0 Å². The molecule has 0 spiro atoms. The molecule has 0 saturated heterocycles. The van der Waals surface area contributed by atoms with Crippen LogP contribution in [-0.2, 0) is 4.79 Å². The summed E-state index contributed by atoms with van der Waals surface area (Å²) < 4.78 is 0. The molecule has 0 fully saturated rings. The third-order valence-corrected chi connectivity index (χ3v) is 6.79. The van der Waals surface area contributed by atoms with Gasteiger partial charge in [-0.1, -0.05) is 74.0 Å². The second-order valence-corrected chi connectivity index (χ2v) is 8.55. The highest BCUT2D eigenvalue weighted by atomic mass is 16.1. The van der Waals surface area contributed by atoms with Crippen molar-refractivity contribution >= 4 is 11.6 Å². The van der Waals surface area contributed by atoms with Crippen LogP contribution in [0.25, 0.3) is 0 Å². The van der Waals surface area contributed by atoms with E-state index in [2.05, 4.69) is 79.8 Å². The zero-order chi connectivity index (χ0) is 20.0. The van der Waals surface area contributed by atoms with E-state index in [9.17, 15) is 4.79 Å². The van der Waals surface area contributed by atoms with Crippen molar-refractivity contribution < 1.29 is 4.79 Å². The van der Waals surface area contributed by atoms with Crippen molar-refractivity contribution in [1.82, 2.24) is 0 Å². The number of nitrogens with one attached hydrogen (secondary N) is 1. The van der Waals surface area contributed by atoms with Crippen LogP contribution in [0, 0.1) is 18.8 Å². The van der Waals surface area contributed by atoms with Gasteiger partial charge in [-0.3, -0.25) is 4.79 Å². The number of fused-ring (bicyclic) bond motifs is 1. The van der Waals surface area contributed by atoms with Gasteiger partial charge in [-0.05, 0) is 59.2 Å². The summed E-state index contributed by atoms with van der Waals surface area (Å²) in [5.74, 6) is 0.896. The highest BCUT2D eigenvalue weighted by Gasteiger charge is 2.51. The van der Waals surface area contributed by atoms with Gasteiger partial charge in [0.25, 0.3) is 0 Å². The fraction of sp³-hybridized carbons (Fsp3) is 0.296. The Bertz CT molecular complexity index is 1020. The monoisotopic (exact) mass is 381 g/mol. The first-order valence-electron chi connectivity index (χ1n) is 10.7. The molecule has 1 N–H and O–H groups in total. The van der Waals surface area contributed by atoms with Gasteiger partial charge in [-0.15, -0.1) is 0 Å². The lowest BCUT2D eigenvalue weighted by Crippen LogP contribution is -2.45. The second-order valence-electron chi connectivity index (χ2n) is 8.55. The van der Waals surface area contributed by atoms with Gasteiger partial charge in [-0.2, -0.15) is 0 Å². The van der Waals surface area contributed by atoms with Crippen LogP contribution in [-0.4, -0.2) is 5.91 Å². The summed E-state index contributed by atoms with van der Waals surface area (Å²) in [6, 6.07) is 25.7.